The quantitative estimate of drug-likeness (QED) is 0.330. The number of aromatic hydroxyl groups is 1. The van der Waals surface area contributed by atoms with E-state index < -0.39 is 16.4 Å². The number of rotatable bonds is 4. The van der Waals surface area contributed by atoms with Crippen LogP contribution in [0.5, 0.6) is 11.5 Å². The summed E-state index contributed by atoms with van der Waals surface area (Å²) in [6.45, 7) is 0. The fourth-order valence-corrected chi connectivity index (χ4v) is 2.11. The molecule has 10 nitrogen and oxygen atoms in total. The van der Waals surface area contributed by atoms with Crippen molar-refractivity contribution in [2.24, 2.45) is 0 Å². The van der Waals surface area contributed by atoms with Gasteiger partial charge in [0.05, 0.1) is 23.2 Å². The van der Waals surface area contributed by atoms with Gasteiger partial charge in [0, 0.05) is 12.1 Å². The minimum atomic E-state index is -0.698. The maximum absolute atomic E-state index is 11.3. The molecule has 2 aromatic heterocycles. The average Bonchev–Trinajstić information content (AvgIpc) is 3.04. The van der Waals surface area contributed by atoms with Crippen molar-refractivity contribution < 1.29 is 24.0 Å². The first-order valence-electron chi connectivity index (χ1n) is 6.58. The molecule has 0 saturated carbocycles. The van der Waals surface area contributed by atoms with Crippen molar-refractivity contribution in [1.29, 1.82) is 0 Å². The number of phenolic OH excluding ortho intramolecular Hbond substituents is 1. The van der Waals surface area contributed by atoms with E-state index in [2.05, 4.69) is 10.1 Å². The highest BCUT2D eigenvalue weighted by molar-refractivity contribution is 5.69. The lowest BCUT2D eigenvalue weighted by atomic mass is 10.1. The van der Waals surface area contributed by atoms with Crippen LogP contribution in [-0.2, 0) is 0 Å². The maximum Gasteiger partial charge on any atom is 0.315 e. The molecule has 0 atom stereocenters. The highest BCUT2D eigenvalue weighted by Gasteiger charge is 2.23. The Labute approximate surface area is 134 Å². The Bertz CT molecular complexity index is 923. The van der Waals surface area contributed by atoms with Crippen LogP contribution in [0.4, 0.5) is 5.69 Å². The summed E-state index contributed by atoms with van der Waals surface area (Å²) in [7, 11) is 1.21. The van der Waals surface area contributed by atoms with Crippen LogP contribution in [0.3, 0.4) is 0 Å². The third kappa shape index (κ3) is 2.67. The first-order chi connectivity index (χ1) is 11.5. The second-order valence-corrected chi connectivity index (χ2v) is 4.68. The third-order valence-electron chi connectivity index (χ3n) is 3.16. The zero-order valence-electron chi connectivity index (χ0n) is 12.2. The largest absolute Gasteiger partial charge is 0.619 e. The lowest BCUT2D eigenvalue weighted by Gasteiger charge is -2.05. The van der Waals surface area contributed by atoms with Gasteiger partial charge in [0.25, 0.3) is 5.89 Å². The molecule has 0 bridgehead atoms. The van der Waals surface area contributed by atoms with Crippen LogP contribution in [-0.4, -0.2) is 27.3 Å². The summed E-state index contributed by atoms with van der Waals surface area (Å²) in [5.74, 6) is -0.613. The summed E-state index contributed by atoms with van der Waals surface area (Å²) in [4.78, 5) is 14.5. The molecular formula is C14H10N4O6. The molecule has 0 fully saturated rings. The summed E-state index contributed by atoms with van der Waals surface area (Å²) in [6, 6.07) is 5.48. The van der Waals surface area contributed by atoms with E-state index in [0.29, 0.717) is 10.3 Å². The monoisotopic (exact) mass is 330 g/mol. The fraction of sp³-hybridized carbons (Fsp3) is 0.0714. The van der Waals surface area contributed by atoms with Gasteiger partial charge in [-0.1, -0.05) is 5.16 Å². The highest BCUT2D eigenvalue weighted by Crippen LogP contribution is 2.40. The number of nitro groups is 1. The first-order valence-corrected chi connectivity index (χ1v) is 6.58. The molecule has 0 aliphatic heterocycles. The van der Waals surface area contributed by atoms with Crippen LogP contribution in [0, 0.1) is 15.3 Å². The van der Waals surface area contributed by atoms with E-state index in [1.807, 2.05) is 0 Å². The molecule has 122 valence electrons. The molecule has 24 heavy (non-hydrogen) atoms. The number of nitrogens with zero attached hydrogens (tertiary/aromatic N) is 4. The van der Waals surface area contributed by atoms with Gasteiger partial charge in [-0.15, -0.1) is 0 Å². The zero-order chi connectivity index (χ0) is 17.3. The Morgan fingerprint density at radius 2 is 2.17 bits per heavy atom. The molecule has 0 unspecified atom stereocenters. The molecule has 1 N–H and O–H groups in total. The molecule has 3 rings (SSSR count). The number of hydrogen-bond acceptors (Lipinski definition) is 8. The van der Waals surface area contributed by atoms with E-state index in [4.69, 9.17) is 9.26 Å². The molecule has 0 amide bonds. The molecule has 1 aromatic carbocycles. The van der Waals surface area contributed by atoms with Crippen LogP contribution >= 0.6 is 0 Å². The van der Waals surface area contributed by atoms with Crippen LogP contribution in [0.1, 0.15) is 0 Å². The summed E-state index contributed by atoms with van der Waals surface area (Å²) in [5, 5.41) is 36.0. The second kappa shape index (κ2) is 5.83. The van der Waals surface area contributed by atoms with E-state index >= 15 is 0 Å². The van der Waals surface area contributed by atoms with Crippen molar-refractivity contribution in [2.75, 3.05) is 7.11 Å². The lowest BCUT2D eigenvalue weighted by molar-refractivity contribution is -0.604. The molecule has 0 radical (unpaired) electrons. The van der Waals surface area contributed by atoms with Crippen LogP contribution in [0.25, 0.3) is 22.8 Å². The topological polar surface area (TPSA) is 138 Å². The zero-order valence-corrected chi connectivity index (χ0v) is 12.2. The summed E-state index contributed by atoms with van der Waals surface area (Å²) < 4.78 is 10.5. The summed E-state index contributed by atoms with van der Waals surface area (Å²) in [6.07, 6.45) is 2.55. The molecule has 0 saturated heterocycles. The van der Waals surface area contributed by atoms with Gasteiger partial charge >= 0.3 is 5.69 Å². The molecule has 3 aromatic rings. The molecule has 0 aliphatic rings. The van der Waals surface area contributed by atoms with Gasteiger partial charge in [-0.05, 0) is 12.1 Å². The Balaban J connectivity index is 2.06. The number of hydrogen-bond donors (Lipinski definition) is 1. The van der Waals surface area contributed by atoms with Crippen molar-refractivity contribution in [3.63, 3.8) is 0 Å². The minimum Gasteiger partial charge on any atom is -0.619 e. The SMILES string of the molecule is COc1c(O)cc(-c2nc(-c3ccc[n+]([O-])c3)no2)cc1[N+](=O)[O-]. The predicted octanol–water partition coefficient (Wildman–Crippen LogP) is 1.66. The van der Waals surface area contributed by atoms with Crippen molar-refractivity contribution in [2.45, 2.75) is 0 Å². The molecule has 10 heteroatoms. The smallest absolute Gasteiger partial charge is 0.315 e. The Morgan fingerprint density at radius 3 is 2.83 bits per heavy atom. The van der Waals surface area contributed by atoms with E-state index in [1.54, 1.807) is 6.07 Å². The highest BCUT2D eigenvalue weighted by atomic mass is 16.6. The predicted molar refractivity (Wildman–Crippen MR) is 79.0 cm³/mol. The number of pyridine rings is 1. The molecular weight excluding hydrogens is 320 g/mol. The first kappa shape index (κ1) is 15.2. The number of nitro benzene ring substituents is 1. The third-order valence-corrected chi connectivity index (χ3v) is 3.16. The number of benzene rings is 1. The second-order valence-electron chi connectivity index (χ2n) is 4.68. The van der Waals surface area contributed by atoms with Gasteiger partial charge < -0.3 is 19.6 Å². The Morgan fingerprint density at radius 1 is 1.38 bits per heavy atom. The van der Waals surface area contributed by atoms with Crippen LogP contribution in [0.2, 0.25) is 0 Å². The van der Waals surface area contributed by atoms with Gasteiger partial charge in [-0.2, -0.15) is 9.71 Å². The van der Waals surface area contributed by atoms with Gasteiger partial charge in [0.2, 0.25) is 11.6 Å². The normalized spacial score (nSPS) is 10.5. The Kier molecular flexibility index (Phi) is 3.70. The Hall–Kier alpha value is -3.69. The van der Waals surface area contributed by atoms with Crippen molar-refractivity contribution in [3.05, 3.63) is 52.0 Å². The lowest BCUT2D eigenvalue weighted by Crippen LogP contribution is -2.24. The van der Waals surface area contributed by atoms with Crippen LogP contribution in [0.15, 0.2) is 41.2 Å². The van der Waals surface area contributed by atoms with E-state index in [0.717, 1.165) is 6.07 Å². The van der Waals surface area contributed by atoms with Gasteiger partial charge in [-0.3, -0.25) is 10.1 Å². The van der Waals surface area contributed by atoms with Gasteiger partial charge in [-0.25, -0.2) is 0 Å². The van der Waals surface area contributed by atoms with Crippen molar-refractivity contribution in [3.8, 4) is 34.3 Å². The number of ether oxygens (including phenoxy) is 1. The number of aromatic nitrogens is 3. The van der Waals surface area contributed by atoms with Crippen molar-refractivity contribution in [1.82, 2.24) is 10.1 Å². The standard InChI is InChI=1S/C14H10N4O6/c1-23-12-10(18(21)22)5-9(6-11(12)19)14-15-13(16-24-14)8-3-2-4-17(20)7-8/h2-7,19H,1H3. The van der Waals surface area contributed by atoms with E-state index in [9.17, 15) is 20.4 Å². The minimum absolute atomic E-state index is 0.0487. The fourth-order valence-electron chi connectivity index (χ4n) is 2.11. The average molecular weight is 330 g/mol. The summed E-state index contributed by atoms with van der Waals surface area (Å²) >= 11 is 0. The maximum atomic E-state index is 11.3. The number of phenols is 1. The molecule has 0 spiro atoms. The van der Waals surface area contributed by atoms with E-state index in [-0.39, 0.29) is 23.0 Å². The van der Waals surface area contributed by atoms with Gasteiger partial charge in [0.15, 0.2) is 18.1 Å². The van der Waals surface area contributed by atoms with Crippen molar-refractivity contribution >= 4 is 5.69 Å². The van der Waals surface area contributed by atoms with E-state index in [1.165, 1.54) is 31.6 Å². The number of methoxy groups -OCH3 is 1. The van der Waals surface area contributed by atoms with Gasteiger partial charge in [0.1, 0.15) is 0 Å². The van der Waals surface area contributed by atoms with Crippen LogP contribution < -0.4 is 9.47 Å². The molecule has 0 aliphatic carbocycles. The molecule has 2 heterocycles. The summed E-state index contributed by atoms with van der Waals surface area (Å²) in [5.41, 5.74) is 0.115.